The van der Waals surface area contributed by atoms with Crippen molar-refractivity contribution < 1.29 is 18.7 Å². The van der Waals surface area contributed by atoms with E-state index in [1.165, 1.54) is 6.20 Å². The summed E-state index contributed by atoms with van der Waals surface area (Å²) in [4.78, 5) is 24.2. The molecule has 0 atom stereocenters. The highest BCUT2D eigenvalue weighted by molar-refractivity contribution is 5.89. The van der Waals surface area contributed by atoms with Gasteiger partial charge in [0, 0.05) is 16.8 Å². The minimum absolute atomic E-state index is 0.0426. The van der Waals surface area contributed by atoms with Crippen molar-refractivity contribution in [2.24, 2.45) is 5.73 Å². The molecule has 0 saturated carbocycles. The van der Waals surface area contributed by atoms with E-state index in [4.69, 9.17) is 10.2 Å². The summed E-state index contributed by atoms with van der Waals surface area (Å²) in [7, 11) is 0. The number of aromatic amines is 1. The lowest BCUT2D eigenvalue weighted by Gasteiger charge is -1.99. The van der Waals surface area contributed by atoms with Gasteiger partial charge in [0.05, 0.1) is 18.5 Å². The summed E-state index contributed by atoms with van der Waals surface area (Å²) in [5.74, 6) is -0.239. The van der Waals surface area contributed by atoms with E-state index in [0.717, 1.165) is 22.5 Å². The van der Waals surface area contributed by atoms with Gasteiger partial charge in [-0.15, -0.1) is 0 Å². The summed E-state index contributed by atoms with van der Waals surface area (Å²) in [6, 6.07) is 9.51. The molecule has 1 amide bonds. The van der Waals surface area contributed by atoms with Crippen molar-refractivity contribution in [3.8, 4) is 22.7 Å². The first-order valence-corrected chi connectivity index (χ1v) is 8.48. The molecule has 0 fully saturated rings. The van der Waals surface area contributed by atoms with E-state index in [0.29, 0.717) is 19.0 Å². The minimum Gasteiger partial charge on any atom is -0.468 e. The number of nitrogens with zero attached hydrogens (tertiary/aromatic N) is 2. The van der Waals surface area contributed by atoms with Crippen molar-refractivity contribution in [2.75, 3.05) is 6.61 Å². The zero-order valence-corrected chi connectivity index (χ0v) is 15.9. The smallest absolute Gasteiger partial charge is 0.293 e. The molecule has 3 N–H and O–H groups in total. The number of aromatic nitrogens is 3. The Balaban J connectivity index is 0.000000454. The van der Waals surface area contributed by atoms with Gasteiger partial charge in [-0.25, -0.2) is 4.98 Å². The van der Waals surface area contributed by atoms with E-state index < -0.39 is 5.91 Å². The minimum atomic E-state index is -0.636. The van der Waals surface area contributed by atoms with Crippen molar-refractivity contribution >= 4 is 12.4 Å². The highest BCUT2D eigenvalue weighted by Gasteiger charge is 2.11. The summed E-state index contributed by atoms with van der Waals surface area (Å²) in [6.07, 6.45) is 1.32. The first-order valence-electron chi connectivity index (χ1n) is 8.48. The molecule has 0 unspecified atom stereocenters. The molecule has 2 aromatic heterocycles. The Morgan fingerprint density at radius 2 is 2.00 bits per heavy atom. The Bertz CT molecular complexity index is 855. The van der Waals surface area contributed by atoms with E-state index >= 15 is 0 Å². The summed E-state index contributed by atoms with van der Waals surface area (Å²) in [5.41, 5.74) is 8.66. The molecular formula is C19H24N4O4. The van der Waals surface area contributed by atoms with Crippen molar-refractivity contribution in [2.45, 2.75) is 27.7 Å². The SMILES string of the molecule is CC.CCOC=O.Cc1cc(-c2cccc(-c3ncc(C(N)=O)o3)c2)n[nH]1. The Morgan fingerprint density at radius 3 is 2.48 bits per heavy atom. The zero-order chi connectivity index (χ0) is 20.2. The highest BCUT2D eigenvalue weighted by Crippen LogP contribution is 2.25. The maximum Gasteiger partial charge on any atom is 0.293 e. The van der Waals surface area contributed by atoms with E-state index in [1.54, 1.807) is 6.92 Å². The molecule has 0 aliphatic rings. The quantitative estimate of drug-likeness (QED) is 0.662. The third-order valence-corrected chi connectivity index (χ3v) is 3.09. The number of H-pyrrole nitrogens is 1. The molecule has 0 bridgehead atoms. The van der Waals surface area contributed by atoms with E-state index in [-0.39, 0.29) is 5.76 Å². The second kappa shape index (κ2) is 11.2. The van der Waals surface area contributed by atoms with Crippen LogP contribution < -0.4 is 5.73 Å². The van der Waals surface area contributed by atoms with Gasteiger partial charge in [0.15, 0.2) is 0 Å². The summed E-state index contributed by atoms with van der Waals surface area (Å²) < 4.78 is 9.47. The fourth-order valence-corrected chi connectivity index (χ4v) is 1.97. The van der Waals surface area contributed by atoms with Gasteiger partial charge >= 0.3 is 0 Å². The average molecular weight is 372 g/mol. The second-order valence-electron chi connectivity index (χ2n) is 4.96. The molecule has 2 heterocycles. The highest BCUT2D eigenvalue weighted by atomic mass is 16.5. The standard InChI is InChI=1S/C14H12N4O2.C3H6O2.C2H6/c1-8-5-11(18-17-8)9-3-2-4-10(6-9)14-16-7-12(20-14)13(15)19;1-2-5-3-4;1-2/h2-7H,1H3,(H2,15,19)(H,17,18);3H,2H2,1H3;1-2H3. The third kappa shape index (κ3) is 6.43. The maximum absolute atomic E-state index is 11.0. The van der Waals surface area contributed by atoms with Crippen LogP contribution in [0.25, 0.3) is 22.7 Å². The molecule has 3 rings (SSSR count). The van der Waals surface area contributed by atoms with Crippen molar-refractivity contribution in [3.05, 3.63) is 48.0 Å². The number of benzene rings is 1. The normalized spacial score (nSPS) is 9.33. The van der Waals surface area contributed by atoms with Crippen molar-refractivity contribution in [3.63, 3.8) is 0 Å². The Morgan fingerprint density at radius 1 is 1.30 bits per heavy atom. The number of nitrogens with one attached hydrogen (secondary N) is 1. The van der Waals surface area contributed by atoms with Crippen LogP contribution in [0, 0.1) is 6.92 Å². The van der Waals surface area contributed by atoms with Crippen LogP contribution in [0.2, 0.25) is 0 Å². The summed E-state index contributed by atoms with van der Waals surface area (Å²) >= 11 is 0. The molecular weight excluding hydrogens is 348 g/mol. The lowest BCUT2D eigenvalue weighted by Crippen LogP contribution is -2.09. The number of oxazole rings is 1. The van der Waals surface area contributed by atoms with Gasteiger partial charge in [0.2, 0.25) is 11.7 Å². The predicted molar refractivity (Wildman–Crippen MR) is 102 cm³/mol. The number of hydrogen-bond acceptors (Lipinski definition) is 6. The van der Waals surface area contributed by atoms with Crippen LogP contribution in [0.15, 0.2) is 40.9 Å². The van der Waals surface area contributed by atoms with Gasteiger partial charge in [-0.3, -0.25) is 14.7 Å². The molecule has 0 radical (unpaired) electrons. The first-order chi connectivity index (χ1) is 13.0. The van der Waals surface area contributed by atoms with Gasteiger partial charge < -0.3 is 14.9 Å². The Kier molecular flexibility index (Phi) is 9.01. The predicted octanol–water partition coefficient (Wildman–Crippen LogP) is 3.34. The number of hydrogen-bond donors (Lipinski definition) is 2. The zero-order valence-electron chi connectivity index (χ0n) is 15.9. The topological polar surface area (TPSA) is 124 Å². The van der Waals surface area contributed by atoms with E-state index in [2.05, 4.69) is 19.9 Å². The van der Waals surface area contributed by atoms with Gasteiger partial charge in [-0.05, 0) is 32.0 Å². The number of amides is 1. The van der Waals surface area contributed by atoms with Gasteiger partial charge in [-0.2, -0.15) is 5.10 Å². The number of carbonyl (C=O) groups is 2. The van der Waals surface area contributed by atoms with Gasteiger partial charge in [0.25, 0.3) is 12.4 Å². The van der Waals surface area contributed by atoms with E-state index in [9.17, 15) is 9.59 Å². The Hall–Kier alpha value is -3.42. The molecule has 144 valence electrons. The van der Waals surface area contributed by atoms with Crippen molar-refractivity contribution in [1.29, 1.82) is 0 Å². The van der Waals surface area contributed by atoms with E-state index in [1.807, 2.05) is 51.1 Å². The number of nitrogens with two attached hydrogens (primary N) is 1. The van der Waals surface area contributed by atoms with Crippen LogP contribution in [0.3, 0.4) is 0 Å². The van der Waals surface area contributed by atoms with Crippen LogP contribution >= 0.6 is 0 Å². The molecule has 1 aromatic carbocycles. The number of aryl methyl sites for hydroxylation is 1. The van der Waals surface area contributed by atoms with Crippen LogP contribution in [0.4, 0.5) is 0 Å². The van der Waals surface area contributed by atoms with Crippen LogP contribution in [0.1, 0.15) is 37.0 Å². The largest absolute Gasteiger partial charge is 0.468 e. The number of ether oxygens (including phenoxy) is 1. The fraction of sp³-hybridized carbons (Fsp3) is 0.263. The second-order valence-corrected chi connectivity index (χ2v) is 4.96. The Labute approximate surface area is 157 Å². The molecule has 0 aliphatic carbocycles. The summed E-state index contributed by atoms with van der Waals surface area (Å²) in [6.45, 7) is 8.60. The number of carbonyl (C=O) groups excluding carboxylic acids is 2. The van der Waals surface area contributed by atoms with Gasteiger partial charge in [-0.1, -0.05) is 26.0 Å². The van der Waals surface area contributed by atoms with Gasteiger partial charge in [0.1, 0.15) is 0 Å². The van der Waals surface area contributed by atoms with Crippen LogP contribution in [-0.4, -0.2) is 34.2 Å². The van der Waals surface area contributed by atoms with Crippen molar-refractivity contribution in [1.82, 2.24) is 15.2 Å². The van der Waals surface area contributed by atoms with Crippen LogP contribution in [-0.2, 0) is 9.53 Å². The molecule has 8 nitrogen and oxygen atoms in total. The first kappa shape index (κ1) is 21.6. The molecule has 0 aliphatic heterocycles. The summed E-state index contributed by atoms with van der Waals surface area (Å²) in [5, 5.41) is 7.10. The van der Waals surface area contributed by atoms with Crippen LogP contribution in [0.5, 0.6) is 0 Å². The third-order valence-electron chi connectivity index (χ3n) is 3.09. The fourth-order valence-electron chi connectivity index (χ4n) is 1.97. The lowest BCUT2D eigenvalue weighted by molar-refractivity contribution is -0.128. The average Bonchev–Trinajstić information content (AvgIpc) is 3.34. The molecule has 8 heteroatoms. The molecule has 3 aromatic rings. The molecule has 0 saturated heterocycles. The number of rotatable bonds is 5. The monoisotopic (exact) mass is 372 g/mol. The lowest BCUT2D eigenvalue weighted by atomic mass is 10.1. The number of primary amides is 1. The maximum atomic E-state index is 11.0. The molecule has 27 heavy (non-hydrogen) atoms. The molecule has 0 spiro atoms.